The van der Waals surface area contributed by atoms with Gasteiger partial charge in [-0.15, -0.1) is 0 Å². The summed E-state index contributed by atoms with van der Waals surface area (Å²) in [5.41, 5.74) is -2.06. The fourth-order valence-electron chi connectivity index (χ4n) is 7.13. The van der Waals surface area contributed by atoms with E-state index in [2.05, 4.69) is 10.2 Å². The van der Waals surface area contributed by atoms with Gasteiger partial charge in [-0.3, -0.25) is 14.4 Å². The van der Waals surface area contributed by atoms with E-state index in [9.17, 15) is 29.4 Å². The number of likely N-dealkylation sites (N-methyl/N-ethyl adjacent to an activating group) is 1. The van der Waals surface area contributed by atoms with Gasteiger partial charge in [0, 0.05) is 24.6 Å². The number of amides is 1. The molecule has 46 heavy (non-hydrogen) atoms. The largest absolute Gasteiger partial charge is 0.509 e. The molecule has 0 aromatic heterocycles. The average Bonchev–Trinajstić information content (AvgIpc) is 3.27. The van der Waals surface area contributed by atoms with Crippen LogP contribution in [-0.2, 0) is 45.2 Å². The second-order valence-electron chi connectivity index (χ2n) is 14.5. The lowest BCUT2D eigenvalue weighted by molar-refractivity contribution is -0.169. The zero-order valence-electron chi connectivity index (χ0n) is 27.4. The van der Waals surface area contributed by atoms with Crippen LogP contribution in [0.15, 0.2) is 24.0 Å². The van der Waals surface area contributed by atoms with Crippen molar-refractivity contribution in [3.63, 3.8) is 0 Å². The van der Waals surface area contributed by atoms with Gasteiger partial charge in [-0.05, 0) is 85.7 Å². The summed E-state index contributed by atoms with van der Waals surface area (Å²) in [6.45, 7) is 10.4. The summed E-state index contributed by atoms with van der Waals surface area (Å²) < 4.78 is 27.6. The predicted octanol–water partition coefficient (Wildman–Crippen LogP) is 2.77. The minimum absolute atomic E-state index is 0.0369. The van der Waals surface area contributed by atoms with Crippen molar-refractivity contribution in [1.29, 1.82) is 0 Å². The number of carbonyl (C=O) groups is 4. The van der Waals surface area contributed by atoms with Crippen LogP contribution in [-0.4, -0.2) is 94.3 Å². The molecule has 1 amide bonds. The van der Waals surface area contributed by atoms with Crippen LogP contribution in [0.4, 0.5) is 4.79 Å². The topological polar surface area (TPSA) is 170 Å². The maximum absolute atomic E-state index is 13.1. The summed E-state index contributed by atoms with van der Waals surface area (Å²) in [7, 11) is 1.98. The van der Waals surface area contributed by atoms with Gasteiger partial charge in [0.1, 0.15) is 17.0 Å². The lowest BCUT2D eigenvalue weighted by atomic mass is 9.50. The van der Waals surface area contributed by atoms with Crippen LogP contribution in [0, 0.1) is 0 Å². The summed E-state index contributed by atoms with van der Waals surface area (Å²) in [5.74, 6) is -1.74. The van der Waals surface area contributed by atoms with Gasteiger partial charge in [-0.25, -0.2) is 4.79 Å². The van der Waals surface area contributed by atoms with Gasteiger partial charge < -0.3 is 44.1 Å². The summed E-state index contributed by atoms with van der Waals surface area (Å²) in [6.07, 6.45) is -1.31. The molecule has 1 saturated heterocycles. The summed E-state index contributed by atoms with van der Waals surface area (Å²) in [6, 6.07) is 3.27. The summed E-state index contributed by atoms with van der Waals surface area (Å²) in [5, 5.41) is 25.4. The van der Waals surface area contributed by atoms with Crippen molar-refractivity contribution in [2.75, 3.05) is 20.1 Å². The molecule has 5 atom stereocenters. The van der Waals surface area contributed by atoms with E-state index in [1.807, 2.05) is 13.1 Å². The molecule has 252 valence electrons. The fraction of sp³-hybridized carbons (Fsp3) is 0.636. The Balaban J connectivity index is 1.25. The van der Waals surface area contributed by atoms with Crippen LogP contribution in [0.25, 0.3) is 0 Å². The van der Waals surface area contributed by atoms with Crippen molar-refractivity contribution < 1.29 is 53.1 Å². The lowest BCUT2D eigenvalue weighted by Gasteiger charge is -2.61. The third-order valence-electron chi connectivity index (χ3n) is 8.91. The number of aromatic hydroxyl groups is 1. The van der Waals surface area contributed by atoms with Gasteiger partial charge >= 0.3 is 18.1 Å². The molecular formula is C33H44N2O11. The molecule has 0 radical (unpaired) electrons. The molecule has 13 heteroatoms. The zero-order valence-corrected chi connectivity index (χ0v) is 27.4. The molecule has 0 unspecified atom stereocenters. The number of rotatable bonds is 8. The molecule has 2 aliphatic heterocycles. The third-order valence-corrected chi connectivity index (χ3v) is 8.91. The van der Waals surface area contributed by atoms with E-state index in [1.54, 1.807) is 53.7 Å². The van der Waals surface area contributed by atoms with Crippen LogP contribution in [0.3, 0.4) is 0 Å². The van der Waals surface area contributed by atoms with Crippen LogP contribution in [0.2, 0.25) is 0 Å². The average molecular weight is 645 g/mol. The first-order valence-corrected chi connectivity index (χ1v) is 15.6. The minimum atomic E-state index is -1.56. The Labute approximate surface area is 268 Å². The highest BCUT2D eigenvalue weighted by molar-refractivity contribution is 5.87. The van der Waals surface area contributed by atoms with Gasteiger partial charge in [0.2, 0.25) is 0 Å². The number of hydrogen-bond donors (Lipinski definition) is 3. The molecule has 0 saturated carbocycles. The number of carbonyl (C=O) groups excluding carboxylic acids is 4. The van der Waals surface area contributed by atoms with E-state index in [4.69, 9.17) is 23.7 Å². The number of esters is 2. The Hall–Kier alpha value is -3.84. The predicted molar refractivity (Wildman–Crippen MR) is 162 cm³/mol. The molecule has 2 aliphatic carbocycles. The highest BCUT2D eigenvalue weighted by atomic mass is 16.7. The fourth-order valence-corrected chi connectivity index (χ4v) is 7.13. The second-order valence-corrected chi connectivity index (χ2v) is 14.5. The van der Waals surface area contributed by atoms with Gasteiger partial charge in [0.15, 0.2) is 23.7 Å². The molecule has 2 heterocycles. The number of nitrogens with one attached hydrogen (secondary N) is 1. The zero-order chi connectivity index (χ0) is 33.8. The number of phenols is 1. The van der Waals surface area contributed by atoms with E-state index in [0.29, 0.717) is 25.1 Å². The van der Waals surface area contributed by atoms with Gasteiger partial charge in [0.05, 0.1) is 23.9 Å². The summed E-state index contributed by atoms with van der Waals surface area (Å²) >= 11 is 0. The number of ether oxygens (including phenoxy) is 5. The van der Waals surface area contributed by atoms with Gasteiger partial charge in [-0.2, -0.15) is 0 Å². The molecule has 1 aromatic rings. The monoisotopic (exact) mass is 644 g/mol. The van der Waals surface area contributed by atoms with Crippen molar-refractivity contribution in [3.8, 4) is 11.5 Å². The number of aliphatic hydroxyl groups is 1. The lowest BCUT2D eigenvalue weighted by Crippen LogP contribution is -2.74. The van der Waals surface area contributed by atoms with E-state index in [1.165, 1.54) is 0 Å². The van der Waals surface area contributed by atoms with E-state index < -0.39 is 64.8 Å². The van der Waals surface area contributed by atoms with Crippen molar-refractivity contribution in [3.05, 3.63) is 35.1 Å². The molecule has 1 fully saturated rings. The Morgan fingerprint density at radius 2 is 1.78 bits per heavy atom. The number of benzene rings is 1. The molecule has 4 aliphatic rings. The molecule has 1 aromatic carbocycles. The van der Waals surface area contributed by atoms with Crippen LogP contribution in [0.5, 0.6) is 11.5 Å². The molecule has 3 N–H and O–H groups in total. The smallest absolute Gasteiger partial charge is 0.504 e. The number of hydrogen-bond acceptors (Lipinski definition) is 12. The quantitative estimate of drug-likeness (QED) is 0.280. The molecule has 2 bridgehead atoms. The molecule has 13 nitrogen and oxygen atoms in total. The van der Waals surface area contributed by atoms with E-state index in [-0.39, 0.29) is 36.9 Å². The second kappa shape index (κ2) is 11.8. The first kappa shape index (κ1) is 33.5. The Morgan fingerprint density at radius 1 is 1.09 bits per heavy atom. The number of piperidine rings is 1. The van der Waals surface area contributed by atoms with Crippen molar-refractivity contribution in [2.24, 2.45) is 0 Å². The summed E-state index contributed by atoms with van der Waals surface area (Å²) in [4.78, 5) is 52.9. The minimum Gasteiger partial charge on any atom is -0.504 e. The van der Waals surface area contributed by atoms with Crippen LogP contribution < -0.4 is 10.1 Å². The first-order chi connectivity index (χ1) is 21.3. The maximum Gasteiger partial charge on any atom is 0.509 e. The van der Waals surface area contributed by atoms with E-state index in [0.717, 1.165) is 11.1 Å². The standard InChI is InChI=1S/C33H44N2O11/c1-30(2,3)45-24(38)17-21(43-29(40)46-31(4,5)6)28(39)34-14-11-23(37)42-20-10-12-33(41)22-16-18-8-9-19(36)26-25(18)32(33,27(20)44-26)13-15-35(22)7/h8-10,21-22,27,36,41H,11-17H2,1-7H3,(H,34,39)/t21-,22-,27-,32-,33+/m0/s1. The Kier molecular flexibility index (Phi) is 8.56. The third kappa shape index (κ3) is 6.14. The van der Waals surface area contributed by atoms with Gasteiger partial charge in [0.25, 0.3) is 5.91 Å². The highest BCUT2D eigenvalue weighted by Crippen LogP contribution is 2.65. The van der Waals surface area contributed by atoms with Crippen molar-refractivity contribution in [2.45, 2.75) is 114 Å². The van der Waals surface area contributed by atoms with Crippen LogP contribution >= 0.6 is 0 Å². The maximum atomic E-state index is 13.1. The number of nitrogens with zero attached hydrogens (tertiary/aromatic N) is 1. The van der Waals surface area contributed by atoms with Gasteiger partial charge in [-0.1, -0.05) is 6.07 Å². The highest BCUT2D eigenvalue weighted by Gasteiger charge is 2.72. The van der Waals surface area contributed by atoms with E-state index >= 15 is 0 Å². The van der Waals surface area contributed by atoms with Crippen molar-refractivity contribution in [1.82, 2.24) is 10.2 Å². The number of likely N-dealkylation sites (tertiary alicyclic amines) is 1. The normalized spacial score (nSPS) is 26.9. The SMILES string of the molecule is CN1CC[C@]23c4c5ccc(O)c4O[C@H]2C(OC(=O)CCNC(=O)[C@H](CC(=O)OC(C)(C)C)OC(=O)OC(C)(C)C)=CC[C@@]3(O)[C@@H]1C5. The Morgan fingerprint density at radius 3 is 2.46 bits per heavy atom. The molecule has 1 spiro atoms. The molecule has 5 rings (SSSR count). The molecular weight excluding hydrogens is 600 g/mol. The van der Waals surface area contributed by atoms with Crippen molar-refractivity contribution >= 4 is 24.0 Å². The first-order valence-electron chi connectivity index (χ1n) is 15.6. The van der Waals surface area contributed by atoms with Crippen LogP contribution in [0.1, 0.15) is 78.4 Å². The number of phenolic OH excluding ortho intramolecular Hbond substituents is 1. The Bertz CT molecular complexity index is 1430.